The maximum absolute atomic E-state index is 12.8. The Morgan fingerprint density at radius 1 is 1.17 bits per heavy atom. The summed E-state index contributed by atoms with van der Waals surface area (Å²) >= 11 is 1.36. The zero-order chi connectivity index (χ0) is 20.9. The number of anilines is 1. The van der Waals surface area contributed by atoms with E-state index in [1.807, 2.05) is 43.3 Å². The van der Waals surface area contributed by atoms with Crippen molar-refractivity contribution in [2.75, 3.05) is 12.4 Å². The van der Waals surface area contributed by atoms with E-state index in [0.717, 1.165) is 0 Å². The Kier molecular flexibility index (Phi) is 5.94. The number of imidazole rings is 1. The van der Waals surface area contributed by atoms with Crippen molar-refractivity contribution in [3.8, 4) is 28.7 Å². The Hall–Kier alpha value is -3.39. The maximum atomic E-state index is 12.8. The first kappa shape index (κ1) is 19.9. The Morgan fingerprint density at radius 3 is 2.60 bits per heavy atom. The highest BCUT2D eigenvalue weighted by atomic mass is 32.2. The molecule has 7 nitrogen and oxygen atoms in total. The smallest absolute Gasteiger partial charge is 0.237 e. The lowest BCUT2D eigenvalue weighted by atomic mass is 10.2. The molecule has 0 fully saturated rings. The first-order chi connectivity index (χ1) is 14.7. The predicted molar refractivity (Wildman–Crippen MR) is 116 cm³/mol. The predicted octanol–water partition coefficient (Wildman–Crippen LogP) is 5.45. The highest BCUT2D eigenvalue weighted by Crippen LogP contribution is 2.35. The van der Waals surface area contributed by atoms with Crippen molar-refractivity contribution in [2.24, 2.45) is 0 Å². The van der Waals surface area contributed by atoms with E-state index in [-0.39, 0.29) is 11.2 Å². The molecule has 0 aliphatic rings. The van der Waals surface area contributed by atoms with E-state index in [0.29, 0.717) is 45.9 Å². The minimum Gasteiger partial charge on any atom is -0.497 e. The van der Waals surface area contributed by atoms with Gasteiger partial charge in [-0.1, -0.05) is 24.8 Å². The van der Waals surface area contributed by atoms with Crippen molar-refractivity contribution in [1.29, 1.82) is 0 Å². The Balaban J connectivity index is 1.56. The van der Waals surface area contributed by atoms with Crippen molar-refractivity contribution in [2.45, 2.75) is 23.8 Å². The molecule has 1 atom stereocenters. The molecule has 3 aromatic heterocycles. The summed E-state index contributed by atoms with van der Waals surface area (Å²) in [5.74, 6) is 1.85. The SMILES string of the molecule is CCC(Sc1nc(-c2ccco2)c(-c2ccco2)[nH]1)C(=O)Nc1cccc(OC)c1. The number of benzene rings is 1. The van der Waals surface area contributed by atoms with Crippen LogP contribution in [0.3, 0.4) is 0 Å². The number of furan rings is 2. The number of methoxy groups -OCH3 is 1. The molecule has 2 N–H and O–H groups in total. The number of H-pyrrole nitrogens is 1. The van der Waals surface area contributed by atoms with Gasteiger partial charge in [0.05, 0.1) is 24.9 Å². The van der Waals surface area contributed by atoms with Gasteiger partial charge in [0.15, 0.2) is 16.7 Å². The molecule has 0 bridgehead atoms. The lowest BCUT2D eigenvalue weighted by Gasteiger charge is -2.13. The molecule has 154 valence electrons. The zero-order valence-corrected chi connectivity index (χ0v) is 17.4. The Bertz CT molecular complexity index is 1050. The summed E-state index contributed by atoms with van der Waals surface area (Å²) in [6, 6.07) is 14.6. The molecular weight excluding hydrogens is 402 g/mol. The van der Waals surface area contributed by atoms with Crippen LogP contribution >= 0.6 is 11.8 Å². The first-order valence-electron chi connectivity index (χ1n) is 9.47. The number of aromatic amines is 1. The summed E-state index contributed by atoms with van der Waals surface area (Å²) in [4.78, 5) is 20.8. The van der Waals surface area contributed by atoms with E-state index < -0.39 is 0 Å². The third kappa shape index (κ3) is 4.28. The number of carbonyl (C=O) groups is 1. The van der Waals surface area contributed by atoms with Crippen LogP contribution < -0.4 is 10.1 Å². The number of amides is 1. The van der Waals surface area contributed by atoms with Gasteiger partial charge < -0.3 is 23.9 Å². The number of aromatic nitrogens is 2. The van der Waals surface area contributed by atoms with Gasteiger partial charge in [-0.05, 0) is 42.8 Å². The molecule has 8 heteroatoms. The molecule has 0 aliphatic carbocycles. The summed E-state index contributed by atoms with van der Waals surface area (Å²) in [5, 5.41) is 3.22. The molecule has 4 aromatic rings. The van der Waals surface area contributed by atoms with E-state index >= 15 is 0 Å². The van der Waals surface area contributed by atoms with E-state index in [9.17, 15) is 4.79 Å². The summed E-state index contributed by atoms with van der Waals surface area (Å²) in [6.45, 7) is 1.96. The van der Waals surface area contributed by atoms with Crippen LogP contribution in [0.25, 0.3) is 22.9 Å². The fourth-order valence-corrected chi connectivity index (χ4v) is 3.89. The van der Waals surface area contributed by atoms with Crippen LogP contribution in [-0.4, -0.2) is 28.2 Å². The molecular formula is C22H21N3O4S. The Morgan fingerprint density at radius 2 is 1.93 bits per heavy atom. The number of hydrogen-bond acceptors (Lipinski definition) is 6. The van der Waals surface area contributed by atoms with E-state index in [2.05, 4.69) is 15.3 Å². The summed E-state index contributed by atoms with van der Waals surface area (Å²) in [7, 11) is 1.59. The van der Waals surface area contributed by atoms with Crippen molar-refractivity contribution >= 4 is 23.4 Å². The number of ether oxygens (including phenoxy) is 1. The Labute approximate surface area is 177 Å². The second-order valence-electron chi connectivity index (χ2n) is 6.46. The molecule has 0 saturated heterocycles. The minimum absolute atomic E-state index is 0.105. The van der Waals surface area contributed by atoms with Crippen LogP contribution in [0.4, 0.5) is 5.69 Å². The van der Waals surface area contributed by atoms with E-state index in [1.54, 1.807) is 31.8 Å². The number of carbonyl (C=O) groups excluding carboxylic acids is 1. The normalized spacial score (nSPS) is 11.9. The lowest BCUT2D eigenvalue weighted by molar-refractivity contribution is -0.115. The van der Waals surface area contributed by atoms with Gasteiger partial charge in [0.25, 0.3) is 0 Å². The number of nitrogens with one attached hydrogen (secondary N) is 2. The average Bonchev–Trinajstić information content (AvgIpc) is 3.53. The molecule has 1 amide bonds. The standard InChI is InChI=1S/C22H21N3O4S/c1-3-18(21(26)23-14-7-4-8-15(13-14)27-2)30-22-24-19(16-9-5-11-28-16)20(25-22)17-10-6-12-29-17/h4-13,18H,3H2,1-2H3,(H,23,26)(H,24,25). The van der Waals surface area contributed by atoms with Crippen LogP contribution in [0.5, 0.6) is 5.75 Å². The van der Waals surface area contributed by atoms with E-state index in [1.165, 1.54) is 11.8 Å². The number of rotatable bonds is 8. The topological polar surface area (TPSA) is 93.3 Å². The van der Waals surface area contributed by atoms with Gasteiger partial charge >= 0.3 is 0 Å². The highest BCUT2D eigenvalue weighted by molar-refractivity contribution is 8.00. The second kappa shape index (κ2) is 8.96. The summed E-state index contributed by atoms with van der Waals surface area (Å²) in [6.07, 6.45) is 3.83. The summed E-state index contributed by atoms with van der Waals surface area (Å²) in [5.41, 5.74) is 2.03. The van der Waals surface area contributed by atoms with Crippen molar-refractivity contribution in [1.82, 2.24) is 9.97 Å². The van der Waals surface area contributed by atoms with E-state index in [4.69, 9.17) is 13.6 Å². The van der Waals surface area contributed by atoms with Crippen LogP contribution in [0.1, 0.15) is 13.3 Å². The summed E-state index contributed by atoms with van der Waals surface area (Å²) < 4.78 is 16.3. The lowest BCUT2D eigenvalue weighted by Crippen LogP contribution is -2.24. The molecule has 1 unspecified atom stereocenters. The fourth-order valence-electron chi connectivity index (χ4n) is 2.98. The quantitative estimate of drug-likeness (QED) is 0.366. The monoisotopic (exact) mass is 423 g/mol. The van der Waals surface area contributed by atoms with Gasteiger partial charge in [-0.25, -0.2) is 4.98 Å². The average molecular weight is 423 g/mol. The molecule has 0 aliphatic heterocycles. The van der Waals surface area contributed by atoms with Gasteiger partial charge in [-0.3, -0.25) is 4.79 Å². The fraction of sp³-hybridized carbons (Fsp3) is 0.182. The van der Waals surface area contributed by atoms with Crippen LogP contribution in [0.2, 0.25) is 0 Å². The van der Waals surface area contributed by atoms with Gasteiger partial charge in [-0.2, -0.15) is 0 Å². The molecule has 0 spiro atoms. The minimum atomic E-state index is -0.337. The van der Waals surface area contributed by atoms with Crippen molar-refractivity contribution < 1.29 is 18.4 Å². The third-order valence-electron chi connectivity index (χ3n) is 4.46. The number of hydrogen-bond donors (Lipinski definition) is 2. The first-order valence-corrected chi connectivity index (χ1v) is 10.3. The molecule has 0 radical (unpaired) electrons. The molecule has 4 rings (SSSR count). The second-order valence-corrected chi connectivity index (χ2v) is 7.65. The molecule has 3 heterocycles. The highest BCUT2D eigenvalue weighted by Gasteiger charge is 2.23. The van der Waals surface area contributed by atoms with Gasteiger partial charge in [-0.15, -0.1) is 0 Å². The van der Waals surface area contributed by atoms with Gasteiger partial charge in [0.1, 0.15) is 17.1 Å². The molecule has 1 aromatic carbocycles. The number of thioether (sulfide) groups is 1. The third-order valence-corrected chi connectivity index (χ3v) is 5.71. The molecule has 30 heavy (non-hydrogen) atoms. The van der Waals surface area contributed by atoms with Crippen molar-refractivity contribution in [3.05, 3.63) is 61.1 Å². The van der Waals surface area contributed by atoms with Gasteiger partial charge in [0.2, 0.25) is 5.91 Å². The number of nitrogens with zero attached hydrogens (tertiary/aromatic N) is 1. The maximum Gasteiger partial charge on any atom is 0.237 e. The van der Waals surface area contributed by atoms with Crippen molar-refractivity contribution in [3.63, 3.8) is 0 Å². The van der Waals surface area contributed by atoms with Crippen LogP contribution in [-0.2, 0) is 4.79 Å². The van der Waals surface area contributed by atoms with Crippen LogP contribution in [0.15, 0.2) is 75.0 Å². The van der Waals surface area contributed by atoms with Gasteiger partial charge in [0, 0.05) is 11.8 Å². The largest absolute Gasteiger partial charge is 0.497 e. The van der Waals surface area contributed by atoms with Crippen LogP contribution in [0, 0.1) is 0 Å². The zero-order valence-electron chi connectivity index (χ0n) is 16.5. The molecule has 0 saturated carbocycles.